The molecule has 1 fully saturated rings. The van der Waals surface area contributed by atoms with Gasteiger partial charge in [0.05, 0.1) is 10.5 Å². The molecule has 0 atom stereocenters. The Balaban J connectivity index is 2.30. The van der Waals surface area contributed by atoms with E-state index < -0.39 is 4.92 Å². The second-order valence-electron chi connectivity index (χ2n) is 5.75. The van der Waals surface area contributed by atoms with Crippen molar-refractivity contribution in [1.29, 1.82) is 0 Å². The van der Waals surface area contributed by atoms with Crippen LogP contribution in [0.25, 0.3) is 0 Å². The van der Waals surface area contributed by atoms with Gasteiger partial charge in [0, 0.05) is 18.2 Å². The second-order valence-corrected chi connectivity index (χ2v) is 5.75. The van der Waals surface area contributed by atoms with E-state index in [2.05, 4.69) is 10.6 Å². The molecule has 0 spiro atoms. The highest BCUT2D eigenvalue weighted by atomic mass is 16.6. The molecule has 6 nitrogen and oxygen atoms in total. The first kappa shape index (κ1) is 15.3. The highest BCUT2D eigenvalue weighted by Gasteiger charge is 2.34. The highest BCUT2D eigenvalue weighted by Crippen LogP contribution is 2.33. The molecule has 1 saturated carbocycles. The number of para-hydroxylation sites is 1. The largest absolute Gasteiger partial charge is 0.379 e. The maximum Gasteiger partial charge on any atom is 0.293 e. The summed E-state index contributed by atoms with van der Waals surface area (Å²) >= 11 is 0. The van der Waals surface area contributed by atoms with Crippen molar-refractivity contribution in [3.8, 4) is 0 Å². The Labute approximate surface area is 124 Å². The summed E-state index contributed by atoms with van der Waals surface area (Å²) in [5.74, 6) is -0.250. The lowest BCUT2D eigenvalue weighted by molar-refractivity contribution is -0.384. The minimum atomic E-state index is -0.458. The van der Waals surface area contributed by atoms with E-state index in [9.17, 15) is 14.9 Å². The molecule has 0 bridgehead atoms. The normalized spacial score (nSPS) is 15.9. The van der Waals surface area contributed by atoms with E-state index in [1.165, 1.54) is 6.07 Å². The summed E-state index contributed by atoms with van der Waals surface area (Å²) in [5, 5.41) is 17.1. The number of benzene rings is 1. The molecule has 1 aromatic rings. The number of anilines is 1. The summed E-state index contributed by atoms with van der Waals surface area (Å²) in [5.41, 5.74) is 0.411. The van der Waals surface area contributed by atoms with Gasteiger partial charge in [-0.2, -0.15) is 0 Å². The second kappa shape index (κ2) is 6.11. The molecule has 1 aliphatic carbocycles. The molecular formula is C15H21N3O3. The van der Waals surface area contributed by atoms with E-state index in [-0.39, 0.29) is 17.1 Å². The van der Waals surface area contributed by atoms with Crippen LogP contribution in [0.2, 0.25) is 0 Å². The zero-order chi connectivity index (χ0) is 15.5. The van der Waals surface area contributed by atoms with Crippen LogP contribution < -0.4 is 10.6 Å². The van der Waals surface area contributed by atoms with Crippen molar-refractivity contribution in [2.24, 2.45) is 0 Å². The maximum atomic E-state index is 12.4. The Morgan fingerprint density at radius 3 is 2.67 bits per heavy atom. The van der Waals surface area contributed by atoms with Gasteiger partial charge in [-0.05, 0) is 38.7 Å². The molecule has 114 valence electrons. The van der Waals surface area contributed by atoms with E-state index >= 15 is 0 Å². The van der Waals surface area contributed by atoms with Crippen LogP contribution in [0.15, 0.2) is 18.2 Å². The fraction of sp³-hybridized carbons (Fsp3) is 0.533. The lowest BCUT2D eigenvalue weighted by atomic mass is 9.78. The maximum absolute atomic E-state index is 12.4. The Bertz CT molecular complexity index is 553. The van der Waals surface area contributed by atoms with Crippen molar-refractivity contribution >= 4 is 17.3 Å². The number of rotatable bonds is 6. The van der Waals surface area contributed by atoms with E-state index in [1.807, 2.05) is 13.8 Å². The number of nitrogens with zero attached hydrogens (tertiary/aromatic N) is 1. The first-order valence-corrected chi connectivity index (χ1v) is 7.30. The number of hydrogen-bond donors (Lipinski definition) is 2. The van der Waals surface area contributed by atoms with Gasteiger partial charge in [-0.1, -0.05) is 13.0 Å². The first-order valence-electron chi connectivity index (χ1n) is 7.30. The predicted octanol–water partition coefficient (Wildman–Crippen LogP) is 3.09. The number of nitrogens with one attached hydrogen (secondary N) is 2. The average Bonchev–Trinajstić information content (AvgIpc) is 2.42. The topological polar surface area (TPSA) is 84.3 Å². The lowest BCUT2D eigenvalue weighted by Gasteiger charge is -2.39. The van der Waals surface area contributed by atoms with E-state index in [4.69, 9.17) is 0 Å². The molecule has 0 radical (unpaired) electrons. The van der Waals surface area contributed by atoms with Crippen molar-refractivity contribution < 1.29 is 9.72 Å². The molecule has 0 unspecified atom stereocenters. The van der Waals surface area contributed by atoms with E-state index in [0.29, 0.717) is 17.8 Å². The van der Waals surface area contributed by atoms with Gasteiger partial charge in [-0.3, -0.25) is 14.9 Å². The molecule has 0 heterocycles. The fourth-order valence-electron chi connectivity index (χ4n) is 2.49. The van der Waals surface area contributed by atoms with Crippen LogP contribution in [0.4, 0.5) is 11.4 Å². The third-order valence-electron chi connectivity index (χ3n) is 3.91. The number of carbonyl (C=O) groups is 1. The summed E-state index contributed by atoms with van der Waals surface area (Å²) in [6.45, 7) is 4.56. The molecule has 1 aliphatic rings. The van der Waals surface area contributed by atoms with Gasteiger partial charge in [0.2, 0.25) is 0 Å². The third kappa shape index (κ3) is 3.32. The van der Waals surface area contributed by atoms with Gasteiger partial charge in [0.15, 0.2) is 0 Å². The molecular weight excluding hydrogens is 270 g/mol. The molecule has 2 rings (SSSR count). The van der Waals surface area contributed by atoms with Crippen molar-refractivity contribution in [1.82, 2.24) is 5.32 Å². The Hall–Kier alpha value is -2.11. The number of hydrogen-bond acceptors (Lipinski definition) is 4. The quantitative estimate of drug-likeness (QED) is 0.623. The van der Waals surface area contributed by atoms with E-state index in [1.54, 1.807) is 12.1 Å². The summed E-state index contributed by atoms with van der Waals surface area (Å²) in [6.07, 6.45) is 3.83. The van der Waals surface area contributed by atoms with Gasteiger partial charge in [0.25, 0.3) is 11.6 Å². The Kier molecular flexibility index (Phi) is 4.45. The van der Waals surface area contributed by atoms with Crippen molar-refractivity contribution in [2.45, 2.75) is 45.1 Å². The van der Waals surface area contributed by atoms with Gasteiger partial charge in [-0.15, -0.1) is 0 Å². The summed E-state index contributed by atoms with van der Waals surface area (Å²) < 4.78 is 0. The van der Waals surface area contributed by atoms with Crippen LogP contribution in [0.1, 0.15) is 49.9 Å². The van der Waals surface area contributed by atoms with Gasteiger partial charge >= 0.3 is 0 Å². The van der Waals surface area contributed by atoms with Crippen LogP contribution in [-0.4, -0.2) is 22.9 Å². The number of nitro groups is 1. The van der Waals surface area contributed by atoms with Gasteiger partial charge < -0.3 is 10.6 Å². The first-order chi connectivity index (χ1) is 9.97. The van der Waals surface area contributed by atoms with Crippen molar-refractivity contribution in [3.63, 3.8) is 0 Å². The zero-order valence-electron chi connectivity index (χ0n) is 12.4. The van der Waals surface area contributed by atoms with Crippen LogP contribution in [0.3, 0.4) is 0 Å². The van der Waals surface area contributed by atoms with Crippen molar-refractivity contribution in [2.75, 3.05) is 11.9 Å². The molecule has 6 heteroatoms. The Morgan fingerprint density at radius 1 is 1.43 bits per heavy atom. The van der Waals surface area contributed by atoms with Crippen LogP contribution in [0, 0.1) is 10.1 Å². The zero-order valence-corrected chi connectivity index (χ0v) is 12.4. The highest BCUT2D eigenvalue weighted by molar-refractivity contribution is 6.02. The fourth-order valence-corrected chi connectivity index (χ4v) is 2.49. The molecule has 1 amide bonds. The predicted molar refractivity (Wildman–Crippen MR) is 81.6 cm³/mol. The number of carbonyl (C=O) groups excluding carboxylic acids is 1. The monoisotopic (exact) mass is 291 g/mol. The summed E-state index contributed by atoms with van der Waals surface area (Å²) in [7, 11) is 0. The van der Waals surface area contributed by atoms with Crippen LogP contribution >= 0.6 is 0 Å². The standard InChI is InChI=1S/C15H21N3O3/c1-3-10-16-13-11(6-4-7-12(13)18(20)21)14(19)17-15(2)8-5-9-15/h4,6-7,16H,3,5,8-10H2,1-2H3,(H,17,19). The van der Waals surface area contributed by atoms with E-state index in [0.717, 1.165) is 25.7 Å². The van der Waals surface area contributed by atoms with Crippen LogP contribution in [0.5, 0.6) is 0 Å². The average molecular weight is 291 g/mol. The van der Waals surface area contributed by atoms with Gasteiger partial charge in [-0.25, -0.2) is 0 Å². The van der Waals surface area contributed by atoms with Gasteiger partial charge in [0.1, 0.15) is 5.69 Å². The number of amides is 1. The molecule has 0 aromatic heterocycles. The number of nitro benzene ring substituents is 1. The minimum absolute atomic E-state index is 0.0603. The molecule has 0 aliphatic heterocycles. The molecule has 21 heavy (non-hydrogen) atoms. The smallest absolute Gasteiger partial charge is 0.293 e. The lowest BCUT2D eigenvalue weighted by Crippen LogP contribution is -2.51. The Morgan fingerprint density at radius 2 is 2.14 bits per heavy atom. The minimum Gasteiger partial charge on any atom is -0.379 e. The molecule has 2 N–H and O–H groups in total. The van der Waals surface area contributed by atoms with Crippen LogP contribution in [-0.2, 0) is 0 Å². The third-order valence-corrected chi connectivity index (χ3v) is 3.91. The summed E-state index contributed by atoms with van der Waals surface area (Å²) in [4.78, 5) is 23.1. The van der Waals surface area contributed by atoms with Crippen molar-refractivity contribution in [3.05, 3.63) is 33.9 Å². The molecule has 0 saturated heterocycles. The summed E-state index contributed by atoms with van der Waals surface area (Å²) in [6, 6.07) is 4.59. The SMILES string of the molecule is CCCNc1c(C(=O)NC2(C)CCC2)cccc1[N+](=O)[O-]. The molecule has 1 aromatic carbocycles.